The van der Waals surface area contributed by atoms with Gasteiger partial charge in [0.25, 0.3) is 0 Å². The van der Waals surface area contributed by atoms with Gasteiger partial charge in [-0.2, -0.15) is 0 Å². The van der Waals surface area contributed by atoms with Crippen LogP contribution in [0.15, 0.2) is 42.6 Å². The van der Waals surface area contributed by atoms with Crippen LogP contribution in [-0.2, 0) is 6.54 Å². The summed E-state index contributed by atoms with van der Waals surface area (Å²) in [4.78, 5) is 4.15. The number of benzene rings is 1. The molecule has 2 nitrogen and oxygen atoms in total. The molecule has 0 bridgehead atoms. The van der Waals surface area contributed by atoms with E-state index in [9.17, 15) is 4.39 Å². The monoisotopic (exact) mass is 216 g/mol. The van der Waals surface area contributed by atoms with E-state index < -0.39 is 0 Å². The number of rotatable bonds is 3. The van der Waals surface area contributed by atoms with E-state index in [1.54, 1.807) is 18.3 Å². The second-order valence-corrected chi connectivity index (χ2v) is 3.66. The lowest BCUT2D eigenvalue weighted by Crippen LogP contribution is -2.03. The average molecular weight is 216 g/mol. The Morgan fingerprint density at radius 1 is 1.25 bits per heavy atom. The number of pyridine rings is 1. The van der Waals surface area contributed by atoms with Crippen molar-refractivity contribution in [1.82, 2.24) is 4.98 Å². The van der Waals surface area contributed by atoms with Crippen LogP contribution in [0.4, 0.5) is 10.2 Å². The minimum atomic E-state index is -0.192. The quantitative estimate of drug-likeness (QED) is 0.852. The van der Waals surface area contributed by atoms with Gasteiger partial charge in [0.1, 0.15) is 11.6 Å². The number of aryl methyl sites for hydroxylation is 1. The highest BCUT2D eigenvalue weighted by Gasteiger charge is 2.00. The number of nitrogens with zero attached hydrogens (tertiary/aromatic N) is 1. The van der Waals surface area contributed by atoms with Gasteiger partial charge in [0.15, 0.2) is 0 Å². The fourth-order valence-corrected chi connectivity index (χ4v) is 1.46. The van der Waals surface area contributed by atoms with Crippen molar-refractivity contribution in [3.05, 3.63) is 59.5 Å². The van der Waals surface area contributed by atoms with E-state index in [1.165, 1.54) is 6.07 Å². The second kappa shape index (κ2) is 4.75. The number of nitrogens with one attached hydrogen (secondary N) is 1. The molecule has 0 aliphatic rings. The molecule has 0 saturated carbocycles. The van der Waals surface area contributed by atoms with Crippen LogP contribution in [0.5, 0.6) is 0 Å². The van der Waals surface area contributed by atoms with Crippen molar-refractivity contribution in [2.75, 3.05) is 5.32 Å². The molecule has 2 aromatic rings. The summed E-state index contributed by atoms with van der Waals surface area (Å²) in [7, 11) is 0. The molecule has 1 heterocycles. The third-order valence-corrected chi connectivity index (χ3v) is 2.33. The Labute approximate surface area is 94.2 Å². The zero-order chi connectivity index (χ0) is 11.4. The molecular weight excluding hydrogens is 203 g/mol. The molecule has 1 aromatic carbocycles. The zero-order valence-electron chi connectivity index (χ0n) is 9.07. The molecule has 0 fully saturated rings. The molecule has 0 aliphatic carbocycles. The molecule has 1 N–H and O–H groups in total. The topological polar surface area (TPSA) is 24.9 Å². The van der Waals surface area contributed by atoms with E-state index in [2.05, 4.69) is 10.3 Å². The molecule has 0 unspecified atom stereocenters. The standard InChI is InChI=1S/C13H13FN2/c1-10-6-7-15-13(8-10)16-9-11-4-2-3-5-12(11)14/h2-8H,9H2,1H3,(H,15,16). The van der Waals surface area contributed by atoms with Gasteiger partial charge >= 0.3 is 0 Å². The highest BCUT2D eigenvalue weighted by atomic mass is 19.1. The Balaban J connectivity index is 2.05. The van der Waals surface area contributed by atoms with Crippen molar-refractivity contribution in [1.29, 1.82) is 0 Å². The van der Waals surface area contributed by atoms with Crippen molar-refractivity contribution >= 4 is 5.82 Å². The normalized spacial score (nSPS) is 10.1. The fourth-order valence-electron chi connectivity index (χ4n) is 1.46. The minimum absolute atomic E-state index is 0.192. The van der Waals surface area contributed by atoms with Crippen LogP contribution in [0.3, 0.4) is 0 Å². The van der Waals surface area contributed by atoms with E-state index in [0.717, 1.165) is 11.4 Å². The Kier molecular flexibility index (Phi) is 3.15. The molecule has 0 radical (unpaired) electrons. The molecule has 2 rings (SSSR count). The number of halogens is 1. The van der Waals surface area contributed by atoms with Crippen LogP contribution in [0, 0.1) is 12.7 Å². The zero-order valence-corrected chi connectivity index (χ0v) is 9.07. The summed E-state index contributed by atoms with van der Waals surface area (Å²) in [6.07, 6.45) is 1.74. The molecule has 1 aromatic heterocycles. The molecule has 0 aliphatic heterocycles. The van der Waals surface area contributed by atoms with Crippen molar-refractivity contribution < 1.29 is 4.39 Å². The maximum absolute atomic E-state index is 13.3. The van der Waals surface area contributed by atoms with Crippen LogP contribution in [0.1, 0.15) is 11.1 Å². The van der Waals surface area contributed by atoms with Gasteiger partial charge in [0, 0.05) is 18.3 Å². The summed E-state index contributed by atoms with van der Waals surface area (Å²) in [6.45, 7) is 2.44. The van der Waals surface area contributed by atoms with Gasteiger partial charge in [-0.25, -0.2) is 9.37 Å². The molecule has 0 spiro atoms. The first kappa shape index (κ1) is 10.6. The SMILES string of the molecule is Cc1ccnc(NCc2ccccc2F)c1. The Morgan fingerprint density at radius 2 is 2.06 bits per heavy atom. The summed E-state index contributed by atoms with van der Waals surface area (Å²) >= 11 is 0. The predicted molar refractivity (Wildman–Crippen MR) is 62.7 cm³/mol. The average Bonchev–Trinajstić information content (AvgIpc) is 2.28. The van der Waals surface area contributed by atoms with Crippen LogP contribution in [0.2, 0.25) is 0 Å². The van der Waals surface area contributed by atoms with Crippen LogP contribution in [-0.4, -0.2) is 4.98 Å². The number of aromatic nitrogens is 1. The van der Waals surface area contributed by atoms with Crippen molar-refractivity contribution in [2.45, 2.75) is 13.5 Å². The van der Waals surface area contributed by atoms with Crippen LogP contribution >= 0.6 is 0 Å². The number of hydrogen-bond donors (Lipinski definition) is 1. The highest BCUT2D eigenvalue weighted by Crippen LogP contribution is 2.10. The van der Waals surface area contributed by atoms with E-state index in [1.807, 2.05) is 25.1 Å². The third kappa shape index (κ3) is 2.57. The van der Waals surface area contributed by atoms with Gasteiger partial charge in [0.2, 0.25) is 0 Å². The smallest absolute Gasteiger partial charge is 0.128 e. The Bertz CT molecular complexity index is 483. The van der Waals surface area contributed by atoms with Gasteiger partial charge in [-0.05, 0) is 30.7 Å². The van der Waals surface area contributed by atoms with Gasteiger partial charge in [0.05, 0.1) is 0 Å². The second-order valence-electron chi connectivity index (χ2n) is 3.66. The third-order valence-electron chi connectivity index (χ3n) is 2.33. The summed E-state index contributed by atoms with van der Waals surface area (Å²) in [6, 6.07) is 10.6. The van der Waals surface area contributed by atoms with Gasteiger partial charge in [-0.15, -0.1) is 0 Å². The molecule has 0 amide bonds. The van der Waals surface area contributed by atoms with Crippen LogP contribution < -0.4 is 5.32 Å². The van der Waals surface area contributed by atoms with Crippen molar-refractivity contribution in [3.63, 3.8) is 0 Å². The number of hydrogen-bond acceptors (Lipinski definition) is 2. The van der Waals surface area contributed by atoms with Crippen molar-refractivity contribution in [2.24, 2.45) is 0 Å². The fraction of sp³-hybridized carbons (Fsp3) is 0.154. The lowest BCUT2D eigenvalue weighted by atomic mass is 10.2. The summed E-state index contributed by atoms with van der Waals surface area (Å²) in [5.74, 6) is 0.575. The molecule has 16 heavy (non-hydrogen) atoms. The Hall–Kier alpha value is -1.90. The minimum Gasteiger partial charge on any atom is -0.366 e. The van der Waals surface area contributed by atoms with E-state index in [-0.39, 0.29) is 5.82 Å². The first-order chi connectivity index (χ1) is 7.75. The highest BCUT2D eigenvalue weighted by molar-refractivity contribution is 5.38. The Morgan fingerprint density at radius 3 is 2.81 bits per heavy atom. The van der Waals surface area contributed by atoms with E-state index >= 15 is 0 Å². The maximum atomic E-state index is 13.3. The van der Waals surface area contributed by atoms with Crippen molar-refractivity contribution in [3.8, 4) is 0 Å². The number of anilines is 1. The summed E-state index contributed by atoms with van der Waals surface area (Å²) in [5.41, 5.74) is 1.77. The summed E-state index contributed by atoms with van der Waals surface area (Å²) in [5, 5.41) is 3.09. The largest absolute Gasteiger partial charge is 0.366 e. The first-order valence-corrected chi connectivity index (χ1v) is 5.15. The molecule has 0 atom stereocenters. The van der Waals surface area contributed by atoms with Gasteiger partial charge in [-0.3, -0.25) is 0 Å². The first-order valence-electron chi connectivity index (χ1n) is 5.15. The lowest BCUT2D eigenvalue weighted by Gasteiger charge is -2.06. The summed E-state index contributed by atoms with van der Waals surface area (Å²) < 4.78 is 13.3. The predicted octanol–water partition coefficient (Wildman–Crippen LogP) is 3.14. The van der Waals surface area contributed by atoms with Gasteiger partial charge < -0.3 is 5.32 Å². The molecule has 0 saturated heterocycles. The molecule has 82 valence electrons. The molecular formula is C13H13FN2. The van der Waals surface area contributed by atoms with E-state index in [4.69, 9.17) is 0 Å². The van der Waals surface area contributed by atoms with Crippen LogP contribution in [0.25, 0.3) is 0 Å². The molecule has 3 heteroatoms. The maximum Gasteiger partial charge on any atom is 0.128 e. The van der Waals surface area contributed by atoms with E-state index in [0.29, 0.717) is 12.1 Å². The van der Waals surface area contributed by atoms with Gasteiger partial charge in [-0.1, -0.05) is 18.2 Å². The lowest BCUT2D eigenvalue weighted by molar-refractivity contribution is 0.613.